The van der Waals surface area contributed by atoms with Crippen molar-refractivity contribution in [3.8, 4) is 0 Å². The fraction of sp³-hybridized carbons (Fsp3) is 0.250. The summed E-state index contributed by atoms with van der Waals surface area (Å²) in [6.07, 6.45) is 0. The number of nitrogens with zero attached hydrogens (tertiary/aromatic N) is 1. The van der Waals surface area contributed by atoms with Crippen LogP contribution in [0.5, 0.6) is 0 Å². The fourth-order valence-corrected chi connectivity index (χ4v) is 2.33. The molecule has 2 aromatic carbocycles. The van der Waals surface area contributed by atoms with E-state index in [2.05, 4.69) is 5.32 Å². The van der Waals surface area contributed by atoms with Crippen molar-refractivity contribution in [3.63, 3.8) is 0 Å². The Kier molecular flexibility index (Phi) is 4.48. The second-order valence-corrected chi connectivity index (χ2v) is 5.56. The van der Waals surface area contributed by atoms with E-state index in [-0.39, 0.29) is 16.7 Å². The lowest BCUT2D eigenvalue weighted by Gasteiger charge is -2.17. The van der Waals surface area contributed by atoms with Crippen LogP contribution in [0.1, 0.15) is 29.7 Å². The number of benzene rings is 2. The monoisotopic (exact) mass is 304 g/mol. The minimum absolute atomic E-state index is 0.0800. The number of nitrogens with one attached hydrogen (secondary N) is 1. The molecule has 0 aliphatic rings. The molecule has 2 rings (SSSR count). The number of nitro groups is 1. The highest BCUT2D eigenvalue weighted by Gasteiger charge is 2.15. The Morgan fingerprint density at radius 3 is 2.57 bits per heavy atom. The lowest BCUT2D eigenvalue weighted by atomic mass is 10.0. The van der Waals surface area contributed by atoms with Gasteiger partial charge < -0.3 is 5.32 Å². The van der Waals surface area contributed by atoms with Crippen LogP contribution >= 0.6 is 11.6 Å². The number of aryl methyl sites for hydroxylation is 2. The Labute approximate surface area is 128 Å². The molecule has 0 spiro atoms. The van der Waals surface area contributed by atoms with Crippen molar-refractivity contribution in [3.05, 3.63) is 68.2 Å². The largest absolute Gasteiger partial charge is 0.377 e. The third-order valence-corrected chi connectivity index (χ3v) is 3.75. The van der Waals surface area contributed by atoms with Gasteiger partial charge in [0.1, 0.15) is 0 Å². The van der Waals surface area contributed by atoms with Gasteiger partial charge in [0.2, 0.25) is 0 Å². The van der Waals surface area contributed by atoms with Gasteiger partial charge in [0, 0.05) is 17.7 Å². The second-order valence-electron chi connectivity index (χ2n) is 5.15. The standard InChI is InChI=1S/C16H17ClN2O2/c1-10-4-7-14(17)15(8-10)18-12(3)13-6-5-11(2)16(9-13)19(20)21/h4-9,12,18H,1-3H3. The minimum Gasteiger partial charge on any atom is -0.377 e. The maximum atomic E-state index is 11.0. The maximum absolute atomic E-state index is 11.0. The SMILES string of the molecule is Cc1ccc(Cl)c(NC(C)c2ccc(C)c([N+](=O)[O-])c2)c1. The van der Waals surface area contributed by atoms with Gasteiger partial charge in [0.15, 0.2) is 0 Å². The van der Waals surface area contributed by atoms with E-state index in [4.69, 9.17) is 11.6 Å². The summed E-state index contributed by atoms with van der Waals surface area (Å²) in [7, 11) is 0. The second kappa shape index (κ2) is 6.14. The van der Waals surface area contributed by atoms with Crippen molar-refractivity contribution >= 4 is 23.0 Å². The van der Waals surface area contributed by atoms with Crippen molar-refractivity contribution < 1.29 is 4.92 Å². The summed E-state index contributed by atoms with van der Waals surface area (Å²) in [5.74, 6) is 0. The molecule has 1 N–H and O–H groups in total. The predicted octanol–water partition coefficient (Wildman–Crippen LogP) is 5.04. The number of hydrogen-bond donors (Lipinski definition) is 1. The van der Waals surface area contributed by atoms with Crippen LogP contribution in [0.3, 0.4) is 0 Å². The van der Waals surface area contributed by atoms with Crippen molar-refractivity contribution in [2.45, 2.75) is 26.8 Å². The quantitative estimate of drug-likeness (QED) is 0.636. The molecular formula is C16H17ClN2O2. The number of nitro benzene ring substituents is 1. The van der Waals surface area contributed by atoms with E-state index in [9.17, 15) is 10.1 Å². The molecule has 0 aliphatic heterocycles. The van der Waals surface area contributed by atoms with Crippen molar-refractivity contribution in [1.29, 1.82) is 0 Å². The molecule has 2 aromatic rings. The molecule has 1 atom stereocenters. The highest BCUT2D eigenvalue weighted by molar-refractivity contribution is 6.33. The smallest absolute Gasteiger partial charge is 0.272 e. The van der Waals surface area contributed by atoms with Crippen LogP contribution in [0.2, 0.25) is 5.02 Å². The molecule has 0 fully saturated rings. The van der Waals surface area contributed by atoms with Gasteiger partial charge in [0.05, 0.1) is 15.6 Å². The molecule has 0 aromatic heterocycles. The highest BCUT2D eigenvalue weighted by Crippen LogP contribution is 2.29. The summed E-state index contributed by atoms with van der Waals surface area (Å²) >= 11 is 6.16. The van der Waals surface area contributed by atoms with Gasteiger partial charge in [-0.25, -0.2) is 0 Å². The molecule has 0 saturated heterocycles. The summed E-state index contributed by atoms with van der Waals surface area (Å²) in [6, 6.07) is 10.9. The molecule has 0 aliphatic carbocycles. The van der Waals surface area contributed by atoms with Crippen LogP contribution in [0.4, 0.5) is 11.4 Å². The summed E-state index contributed by atoms with van der Waals surface area (Å²) in [5, 5.41) is 14.9. The van der Waals surface area contributed by atoms with Crippen LogP contribution in [0.25, 0.3) is 0 Å². The molecule has 110 valence electrons. The summed E-state index contributed by atoms with van der Waals surface area (Å²) in [4.78, 5) is 10.7. The van der Waals surface area contributed by atoms with E-state index < -0.39 is 0 Å². The highest BCUT2D eigenvalue weighted by atomic mass is 35.5. The summed E-state index contributed by atoms with van der Waals surface area (Å²) in [5.41, 5.74) is 3.57. The molecule has 4 nitrogen and oxygen atoms in total. The van der Waals surface area contributed by atoms with E-state index in [0.29, 0.717) is 10.6 Å². The zero-order valence-corrected chi connectivity index (χ0v) is 12.9. The lowest BCUT2D eigenvalue weighted by Crippen LogP contribution is -2.08. The van der Waals surface area contributed by atoms with Gasteiger partial charge >= 0.3 is 0 Å². The van der Waals surface area contributed by atoms with Crippen molar-refractivity contribution in [2.75, 3.05) is 5.32 Å². The third kappa shape index (κ3) is 3.52. The Hall–Kier alpha value is -2.07. The first-order valence-electron chi connectivity index (χ1n) is 6.66. The molecule has 0 bridgehead atoms. The van der Waals surface area contributed by atoms with Crippen LogP contribution in [0.15, 0.2) is 36.4 Å². The topological polar surface area (TPSA) is 55.2 Å². The maximum Gasteiger partial charge on any atom is 0.272 e. The number of anilines is 1. The van der Waals surface area contributed by atoms with Crippen LogP contribution in [-0.4, -0.2) is 4.92 Å². The molecular weight excluding hydrogens is 288 g/mol. The average molecular weight is 305 g/mol. The summed E-state index contributed by atoms with van der Waals surface area (Å²) < 4.78 is 0. The van der Waals surface area contributed by atoms with E-state index in [1.165, 1.54) is 0 Å². The lowest BCUT2D eigenvalue weighted by molar-refractivity contribution is -0.385. The first-order valence-corrected chi connectivity index (χ1v) is 7.04. The van der Waals surface area contributed by atoms with Crippen LogP contribution in [-0.2, 0) is 0 Å². The summed E-state index contributed by atoms with van der Waals surface area (Å²) in [6.45, 7) is 5.67. The first-order chi connectivity index (χ1) is 9.88. The van der Waals surface area contributed by atoms with Crippen molar-refractivity contribution in [2.24, 2.45) is 0 Å². The zero-order chi connectivity index (χ0) is 15.6. The van der Waals surface area contributed by atoms with Gasteiger partial charge in [-0.2, -0.15) is 0 Å². The Morgan fingerprint density at radius 2 is 1.90 bits per heavy atom. The molecule has 21 heavy (non-hydrogen) atoms. The molecule has 0 amide bonds. The van der Waals surface area contributed by atoms with Gasteiger partial charge in [-0.05, 0) is 44.0 Å². The predicted molar refractivity (Wildman–Crippen MR) is 86.1 cm³/mol. The molecule has 0 radical (unpaired) electrons. The number of hydrogen-bond acceptors (Lipinski definition) is 3. The van der Waals surface area contributed by atoms with Gasteiger partial charge in [-0.15, -0.1) is 0 Å². The Balaban J connectivity index is 2.28. The fourth-order valence-electron chi connectivity index (χ4n) is 2.16. The molecule has 0 heterocycles. The van der Waals surface area contributed by atoms with Crippen molar-refractivity contribution in [1.82, 2.24) is 0 Å². The van der Waals surface area contributed by atoms with E-state index in [0.717, 1.165) is 16.8 Å². The molecule has 0 saturated carbocycles. The van der Waals surface area contributed by atoms with Crippen LogP contribution < -0.4 is 5.32 Å². The molecule has 1 unspecified atom stereocenters. The van der Waals surface area contributed by atoms with Gasteiger partial charge in [-0.1, -0.05) is 29.8 Å². The molecule has 5 heteroatoms. The van der Waals surface area contributed by atoms with Gasteiger partial charge in [0.25, 0.3) is 5.69 Å². The minimum atomic E-state index is -0.356. The number of rotatable bonds is 4. The number of halogens is 1. The first kappa shape index (κ1) is 15.3. The Morgan fingerprint density at radius 1 is 1.19 bits per heavy atom. The Bertz CT molecular complexity index is 686. The van der Waals surface area contributed by atoms with Crippen LogP contribution in [0, 0.1) is 24.0 Å². The zero-order valence-electron chi connectivity index (χ0n) is 12.2. The third-order valence-electron chi connectivity index (χ3n) is 3.42. The average Bonchev–Trinajstić information content (AvgIpc) is 2.43. The normalized spacial score (nSPS) is 12.0. The van der Waals surface area contributed by atoms with E-state index in [1.807, 2.05) is 38.1 Å². The van der Waals surface area contributed by atoms with Gasteiger partial charge in [-0.3, -0.25) is 10.1 Å². The van der Waals surface area contributed by atoms with E-state index in [1.54, 1.807) is 19.1 Å². The van der Waals surface area contributed by atoms with E-state index >= 15 is 0 Å².